The Morgan fingerprint density at radius 2 is 1.84 bits per heavy atom. The molecular formula is C18H22N2O3S2. The first-order chi connectivity index (χ1) is 11.8. The van der Waals surface area contributed by atoms with Crippen molar-refractivity contribution in [3.63, 3.8) is 0 Å². The van der Waals surface area contributed by atoms with Gasteiger partial charge in [-0.15, -0.1) is 11.8 Å². The fourth-order valence-corrected chi connectivity index (χ4v) is 4.05. The summed E-state index contributed by atoms with van der Waals surface area (Å²) in [4.78, 5) is 12.3. The van der Waals surface area contributed by atoms with Gasteiger partial charge in [0.2, 0.25) is 15.9 Å². The molecule has 0 aliphatic heterocycles. The average molecular weight is 379 g/mol. The molecule has 2 aromatic rings. The zero-order valence-corrected chi connectivity index (χ0v) is 16.1. The third-order valence-electron chi connectivity index (χ3n) is 3.74. The molecule has 5 nitrogen and oxygen atoms in total. The summed E-state index contributed by atoms with van der Waals surface area (Å²) in [6.45, 7) is 3.66. The van der Waals surface area contributed by atoms with Crippen LogP contribution in [0.1, 0.15) is 25.3 Å². The molecule has 2 N–H and O–H groups in total. The van der Waals surface area contributed by atoms with Gasteiger partial charge in [-0.3, -0.25) is 4.79 Å². The van der Waals surface area contributed by atoms with E-state index in [1.54, 1.807) is 12.1 Å². The van der Waals surface area contributed by atoms with E-state index in [0.717, 1.165) is 10.5 Å². The van der Waals surface area contributed by atoms with E-state index in [4.69, 9.17) is 0 Å². The number of benzene rings is 2. The number of carbonyl (C=O) groups excluding carboxylic acids is 1. The van der Waals surface area contributed by atoms with Crippen molar-refractivity contribution in [1.29, 1.82) is 0 Å². The molecule has 0 aliphatic carbocycles. The number of rotatable bonds is 7. The molecule has 1 amide bonds. The van der Waals surface area contributed by atoms with Crippen molar-refractivity contribution in [2.24, 2.45) is 0 Å². The van der Waals surface area contributed by atoms with Crippen LogP contribution >= 0.6 is 11.8 Å². The largest absolute Gasteiger partial charge is 0.325 e. The summed E-state index contributed by atoms with van der Waals surface area (Å²) < 4.78 is 27.8. The Hall–Kier alpha value is -1.83. The predicted octanol–water partition coefficient (Wildman–Crippen LogP) is 3.45. The van der Waals surface area contributed by atoms with E-state index in [2.05, 4.69) is 10.0 Å². The highest BCUT2D eigenvalue weighted by molar-refractivity contribution is 7.98. The zero-order valence-electron chi connectivity index (χ0n) is 14.4. The van der Waals surface area contributed by atoms with Crippen LogP contribution in [0.5, 0.6) is 0 Å². The fourth-order valence-electron chi connectivity index (χ4n) is 2.36. The molecule has 0 heterocycles. The number of amides is 1. The van der Waals surface area contributed by atoms with E-state index >= 15 is 0 Å². The summed E-state index contributed by atoms with van der Waals surface area (Å²) in [6, 6.07) is 14.5. The molecule has 0 saturated carbocycles. The normalized spacial score (nSPS) is 12.6. The van der Waals surface area contributed by atoms with Crippen molar-refractivity contribution in [1.82, 2.24) is 4.72 Å². The maximum atomic E-state index is 12.6. The monoisotopic (exact) mass is 378 g/mol. The van der Waals surface area contributed by atoms with E-state index in [1.807, 2.05) is 43.5 Å². The van der Waals surface area contributed by atoms with Gasteiger partial charge in [-0.2, -0.15) is 0 Å². The number of hydrogen-bond acceptors (Lipinski definition) is 4. The molecule has 0 radical (unpaired) electrons. The second kappa shape index (κ2) is 8.51. The summed E-state index contributed by atoms with van der Waals surface area (Å²) >= 11 is 1.44. The van der Waals surface area contributed by atoms with E-state index < -0.39 is 10.0 Å². The van der Waals surface area contributed by atoms with Crippen molar-refractivity contribution < 1.29 is 13.2 Å². The van der Waals surface area contributed by atoms with Gasteiger partial charge in [0.05, 0.1) is 10.6 Å². The second-order valence-corrected chi connectivity index (χ2v) is 8.32. The molecule has 0 fully saturated rings. The molecule has 2 aromatic carbocycles. The summed E-state index contributed by atoms with van der Waals surface area (Å²) in [5.74, 6) is -0.188. The van der Waals surface area contributed by atoms with Crippen LogP contribution in [0.4, 0.5) is 5.69 Å². The maximum Gasteiger partial charge on any atom is 0.240 e. The number of hydrogen-bond donors (Lipinski definition) is 2. The highest BCUT2D eigenvalue weighted by Gasteiger charge is 2.18. The van der Waals surface area contributed by atoms with Crippen LogP contribution in [0.2, 0.25) is 0 Å². The minimum atomic E-state index is -3.66. The predicted molar refractivity (Wildman–Crippen MR) is 103 cm³/mol. The van der Waals surface area contributed by atoms with Crippen molar-refractivity contribution >= 4 is 33.4 Å². The molecule has 0 unspecified atom stereocenters. The fraction of sp³-hybridized carbons (Fsp3) is 0.278. The molecule has 2 rings (SSSR count). The summed E-state index contributed by atoms with van der Waals surface area (Å²) in [5.41, 5.74) is 1.57. The van der Waals surface area contributed by atoms with Gasteiger partial charge in [0.1, 0.15) is 0 Å². The number of sulfonamides is 1. The van der Waals surface area contributed by atoms with Gasteiger partial charge in [-0.1, -0.05) is 37.3 Å². The Balaban J connectivity index is 2.17. The van der Waals surface area contributed by atoms with Gasteiger partial charge >= 0.3 is 0 Å². The Morgan fingerprint density at radius 3 is 2.44 bits per heavy atom. The first kappa shape index (κ1) is 19.5. The third-order valence-corrected chi connectivity index (χ3v) is 5.96. The van der Waals surface area contributed by atoms with E-state index in [0.29, 0.717) is 12.2 Å². The quantitative estimate of drug-likeness (QED) is 0.724. The lowest BCUT2D eigenvalue weighted by molar-refractivity contribution is -0.114. The van der Waals surface area contributed by atoms with Crippen LogP contribution in [0.3, 0.4) is 0 Å². The molecule has 0 spiro atoms. The second-order valence-electron chi connectivity index (χ2n) is 5.71. The number of nitrogens with one attached hydrogen (secondary N) is 2. The molecule has 0 bridgehead atoms. The van der Waals surface area contributed by atoms with Gasteiger partial charge < -0.3 is 5.32 Å². The maximum absolute atomic E-state index is 12.6. The summed E-state index contributed by atoms with van der Waals surface area (Å²) in [5, 5.41) is 2.68. The first-order valence-corrected chi connectivity index (χ1v) is 10.5. The Labute approximate surface area is 153 Å². The summed E-state index contributed by atoms with van der Waals surface area (Å²) in [7, 11) is -3.66. The lowest BCUT2D eigenvalue weighted by atomic mass is 10.0. The molecule has 7 heteroatoms. The molecule has 0 aliphatic rings. The SMILES string of the molecule is CSc1ccc(S(=O)(=O)NC[C@@H](C)c2ccccc2)cc1NC(C)=O. The third kappa shape index (κ3) is 5.32. The van der Waals surface area contributed by atoms with Crippen LogP contribution in [-0.2, 0) is 14.8 Å². The van der Waals surface area contributed by atoms with Gasteiger partial charge in [-0.25, -0.2) is 13.1 Å². The molecular weight excluding hydrogens is 356 g/mol. The van der Waals surface area contributed by atoms with Gasteiger partial charge in [-0.05, 0) is 35.9 Å². The van der Waals surface area contributed by atoms with Crippen LogP contribution in [-0.4, -0.2) is 27.1 Å². The molecule has 134 valence electrons. The van der Waals surface area contributed by atoms with Crippen molar-refractivity contribution in [3.8, 4) is 0 Å². The minimum absolute atomic E-state index is 0.0521. The zero-order chi connectivity index (χ0) is 18.4. The van der Waals surface area contributed by atoms with Gasteiger partial charge in [0.15, 0.2) is 0 Å². The van der Waals surface area contributed by atoms with Crippen molar-refractivity contribution in [2.75, 3.05) is 18.1 Å². The molecule has 0 aromatic heterocycles. The number of carbonyl (C=O) groups is 1. The lowest BCUT2D eigenvalue weighted by Gasteiger charge is -2.15. The van der Waals surface area contributed by atoms with Crippen LogP contribution < -0.4 is 10.0 Å². The van der Waals surface area contributed by atoms with Gasteiger partial charge in [0, 0.05) is 18.4 Å². The molecule has 0 saturated heterocycles. The smallest absolute Gasteiger partial charge is 0.240 e. The summed E-state index contributed by atoms with van der Waals surface area (Å²) in [6.07, 6.45) is 1.87. The standard InChI is InChI=1S/C18H22N2O3S2/c1-13(15-7-5-4-6-8-15)12-19-25(22,23)16-9-10-18(24-3)17(11-16)20-14(2)21/h4-11,13,19H,12H2,1-3H3,(H,20,21)/t13-/m1/s1. The van der Waals surface area contributed by atoms with Crippen LogP contribution in [0.15, 0.2) is 58.3 Å². The lowest BCUT2D eigenvalue weighted by Crippen LogP contribution is -2.27. The van der Waals surface area contributed by atoms with Crippen molar-refractivity contribution in [3.05, 3.63) is 54.1 Å². The van der Waals surface area contributed by atoms with Crippen molar-refractivity contribution in [2.45, 2.75) is 29.6 Å². The van der Waals surface area contributed by atoms with E-state index in [-0.39, 0.29) is 16.7 Å². The van der Waals surface area contributed by atoms with E-state index in [1.165, 1.54) is 24.8 Å². The van der Waals surface area contributed by atoms with Crippen LogP contribution in [0.25, 0.3) is 0 Å². The highest BCUT2D eigenvalue weighted by atomic mass is 32.2. The Kier molecular flexibility index (Phi) is 6.64. The Bertz CT molecular complexity index is 837. The minimum Gasteiger partial charge on any atom is -0.325 e. The first-order valence-electron chi connectivity index (χ1n) is 7.83. The van der Waals surface area contributed by atoms with Gasteiger partial charge in [0.25, 0.3) is 0 Å². The van der Waals surface area contributed by atoms with Crippen LogP contribution in [0, 0.1) is 0 Å². The van der Waals surface area contributed by atoms with E-state index in [9.17, 15) is 13.2 Å². The number of thioether (sulfide) groups is 1. The average Bonchev–Trinajstić information content (AvgIpc) is 2.60. The topological polar surface area (TPSA) is 75.3 Å². The molecule has 25 heavy (non-hydrogen) atoms. The highest BCUT2D eigenvalue weighted by Crippen LogP contribution is 2.28. The number of anilines is 1. The molecule has 1 atom stereocenters. The Morgan fingerprint density at radius 1 is 1.16 bits per heavy atom.